The molecule has 1 atom stereocenters. The van der Waals surface area contributed by atoms with Crippen LogP contribution in [0.2, 0.25) is 0 Å². The molecule has 0 saturated carbocycles. The first-order valence-corrected chi connectivity index (χ1v) is 12.2. The molecule has 2 aromatic carbocycles. The van der Waals surface area contributed by atoms with Crippen molar-refractivity contribution in [3.8, 4) is 16.9 Å². The van der Waals surface area contributed by atoms with Gasteiger partial charge in [-0.05, 0) is 36.0 Å². The Kier molecular flexibility index (Phi) is 6.08. The van der Waals surface area contributed by atoms with Gasteiger partial charge >= 0.3 is 5.97 Å². The van der Waals surface area contributed by atoms with Crippen LogP contribution in [-0.2, 0) is 14.3 Å². The highest BCUT2D eigenvalue weighted by Crippen LogP contribution is 2.47. The number of carbonyl (C=O) groups excluding carboxylic acids is 2. The molecule has 7 nitrogen and oxygen atoms in total. The van der Waals surface area contributed by atoms with Gasteiger partial charge in [-0.2, -0.15) is 0 Å². The Bertz CT molecular complexity index is 1380. The molecule has 0 fully saturated rings. The number of hydrogen-bond acceptors (Lipinski definition) is 6. The molecule has 7 heteroatoms. The quantitative estimate of drug-likeness (QED) is 0.509. The number of esters is 1. The average molecular weight is 483 g/mol. The van der Waals surface area contributed by atoms with Gasteiger partial charge in [0.05, 0.1) is 24.6 Å². The number of nitrogens with one attached hydrogen (secondary N) is 1. The summed E-state index contributed by atoms with van der Waals surface area (Å²) in [7, 11) is 1.38. The van der Waals surface area contributed by atoms with Crippen LogP contribution in [0.25, 0.3) is 16.9 Å². The lowest BCUT2D eigenvalue weighted by Crippen LogP contribution is -2.39. The average Bonchev–Trinajstić information content (AvgIpc) is 3.37. The number of allylic oxidation sites excluding steroid dienone is 3. The van der Waals surface area contributed by atoms with Crippen molar-refractivity contribution >= 4 is 11.8 Å². The van der Waals surface area contributed by atoms with Crippen molar-refractivity contribution in [1.82, 2.24) is 20.3 Å². The summed E-state index contributed by atoms with van der Waals surface area (Å²) in [6.45, 7) is 6.21. The Balaban J connectivity index is 1.55. The van der Waals surface area contributed by atoms with Crippen LogP contribution in [0.3, 0.4) is 0 Å². The number of nitrogens with zero attached hydrogens (tertiary/aromatic N) is 3. The molecule has 0 spiro atoms. The van der Waals surface area contributed by atoms with E-state index in [1.54, 1.807) is 4.68 Å². The number of ether oxygens (including phenoxy) is 1. The molecule has 0 amide bonds. The van der Waals surface area contributed by atoms with Gasteiger partial charge in [-0.1, -0.05) is 68.4 Å². The zero-order valence-electron chi connectivity index (χ0n) is 21.0. The van der Waals surface area contributed by atoms with E-state index in [-0.39, 0.29) is 11.2 Å². The van der Waals surface area contributed by atoms with Crippen molar-refractivity contribution in [2.45, 2.75) is 46.0 Å². The smallest absolute Gasteiger partial charge is 0.336 e. The van der Waals surface area contributed by atoms with Gasteiger partial charge in [-0.3, -0.25) is 4.79 Å². The largest absolute Gasteiger partial charge is 0.466 e. The summed E-state index contributed by atoms with van der Waals surface area (Å²) in [5.74, 6) is -0.810. The van der Waals surface area contributed by atoms with Crippen molar-refractivity contribution in [2.24, 2.45) is 5.41 Å². The molecule has 0 radical (unpaired) electrons. The minimum Gasteiger partial charge on any atom is -0.466 e. The monoisotopic (exact) mass is 482 g/mol. The molecule has 1 unspecified atom stereocenters. The summed E-state index contributed by atoms with van der Waals surface area (Å²) in [5, 5.41) is 12.0. The predicted molar refractivity (Wildman–Crippen MR) is 137 cm³/mol. The second kappa shape index (κ2) is 9.22. The SMILES string of the molecule is CCC1=C(C(=O)OC)C(c2ccc(-c3cn(-c4ccccc4)nn3)cc2)C2=C(CC(C)(C)CC2=O)N1. The molecule has 184 valence electrons. The molecule has 0 saturated heterocycles. The van der Waals surface area contributed by atoms with E-state index in [0.717, 1.165) is 40.3 Å². The summed E-state index contributed by atoms with van der Waals surface area (Å²) in [6, 6.07) is 17.7. The Morgan fingerprint density at radius 3 is 2.50 bits per heavy atom. The molecule has 1 aromatic heterocycles. The number of benzene rings is 2. The third-order valence-corrected chi connectivity index (χ3v) is 6.94. The Morgan fingerprint density at radius 2 is 1.83 bits per heavy atom. The number of Topliss-reactive ketones (excluding diaryl/α,β-unsaturated/α-hetero) is 1. The summed E-state index contributed by atoms with van der Waals surface area (Å²) in [4.78, 5) is 26.4. The number of rotatable bonds is 5. The van der Waals surface area contributed by atoms with Gasteiger partial charge in [0.1, 0.15) is 5.69 Å². The van der Waals surface area contributed by atoms with Crippen LogP contribution in [0.4, 0.5) is 0 Å². The molecule has 5 rings (SSSR count). The van der Waals surface area contributed by atoms with E-state index < -0.39 is 11.9 Å². The van der Waals surface area contributed by atoms with E-state index in [2.05, 4.69) is 29.5 Å². The summed E-state index contributed by atoms with van der Waals surface area (Å²) >= 11 is 0. The van der Waals surface area contributed by atoms with Gasteiger partial charge in [0, 0.05) is 34.9 Å². The second-order valence-electron chi connectivity index (χ2n) is 10.1. The van der Waals surface area contributed by atoms with Gasteiger partial charge in [-0.25, -0.2) is 9.48 Å². The summed E-state index contributed by atoms with van der Waals surface area (Å²) in [5.41, 5.74) is 6.23. The van der Waals surface area contributed by atoms with Gasteiger partial charge in [0.2, 0.25) is 0 Å². The van der Waals surface area contributed by atoms with Crippen molar-refractivity contribution in [3.63, 3.8) is 0 Å². The zero-order chi connectivity index (χ0) is 25.4. The molecule has 1 aliphatic heterocycles. The van der Waals surface area contributed by atoms with E-state index in [4.69, 9.17) is 4.74 Å². The number of para-hydroxylation sites is 1. The number of carbonyl (C=O) groups is 2. The zero-order valence-corrected chi connectivity index (χ0v) is 21.0. The third-order valence-electron chi connectivity index (χ3n) is 6.94. The minimum atomic E-state index is -0.471. The summed E-state index contributed by atoms with van der Waals surface area (Å²) < 4.78 is 6.91. The highest BCUT2D eigenvalue weighted by atomic mass is 16.5. The van der Waals surface area contributed by atoms with Crippen molar-refractivity contribution in [1.29, 1.82) is 0 Å². The molecule has 1 N–H and O–H groups in total. The highest BCUT2D eigenvalue weighted by Gasteiger charge is 2.43. The highest BCUT2D eigenvalue weighted by molar-refractivity contribution is 6.04. The Hall–Kier alpha value is -4.00. The van der Waals surface area contributed by atoms with Crippen LogP contribution in [-0.4, -0.2) is 33.9 Å². The van der Waals surface area contributed by atoms with Gasteiger partial charge in [-0.15, -0.1) is 5.10 Å². The van der Waals surface area contributed by atoms with Crippen LogP contribution >= 0.6 is 0 Å². The standard InChI is InChI=1S/C29H30N4O3/c1-5-21-27(28(35)36-4)25(26-22(30-21)15-29(2,3)16-24(26)34)19-13-11-18(12-14-19)23-17-33(32-31-23)20-9-7-6-8-10-20/h6-14,17,25,30H,5,15-16H2,1-4H3. The third kappa shape index (κ3) is 4.26. The number of dihydropyridines is 1. The van der Waals surface area contributed by atoms with Crippen molar-refractivity contribution < 1.29 is 14.3 Å². The normalized spacial score (nSPS) is 19.1. The number of methoxy groups -OCH3 is 1. The molecule has 1 aliphatic carbocycles. The molecular weight excluding hydrogens is 452 g/mol. The molecule has 2 heterocycles. The van der Waals surface area contributed by atoms with Crippen LogP contribution in [0, 0.1) is 5.41 Å². The van der Waals surface area contributed by atoms with Gasteiger partial charge in [0.25, 0.3) is 0 Å². The maximum Gasteiger partial charge on any atom is 0.336 e. The molecule has 36 heavy (non-hydrogen) atoms. The number of ketones is 1. The second-order valence-corrected chi connectivity index (χ2v) is 10.1. The van der Waals surface area contributed by atoms with Gasteiger partial charge < -0.3 is 10.1 Å². The Labute approximate surface area is 210 Å². The maximum absolute atomic E-state index is 13.4. The van der Waals surface area contributed by atoms with Crippen LogP contribution < -0.4 is 5.32 Å². The molecule has 2 aliphatic rings. The lowest BCUT2D eigenvalue weighted by molar-refractivity contribution is -0.136. The first-order chi connectivity index (χ1) is 17.3. The lowest BCUT2D eigenvalue weighted by Gasteiger charge is -2.39. The fourth-order valence-corrected chi connectivity index (χ4v) is 5.26. The first kappa shape index (κ1) is 23.7. The van der Waals surface area contributed by atoms with Crippen LogP contribution in [0.1, 0.15) is 51.5 Å². The van der Waals surface area contributed by atoms with E-state index >= 15 is 0 Å². The number of hydrogen-bond donors (Lipinski definition) is 1. The first-order valence-electron chi connectivity index (χ1n) is 12.2. The summed E-state index contributed by atoms with van der Waals surface area (Å²) in [6.07, 6.45) is 3.72. The topological polar surface area (TPSA) is 86.1 Å². The predicted octanol–water partition coefficient (Wildman–Crippen LogP) is 5.10. The fraction of sp³-hybridized carbons (Fsp3) is 0.310. The molecule has 0 bridgehead atoms. The fourth-order valence-electron chi connectivity index (χ4n) is 5.26. The van der Waals surface area contributed by atoms with Crippen molar-refractivity contribution in [2.75, 3.05) is 7.11 Å². The van der Waals surface area contributed by atoms with Crippen LogP contribution in [0.5, 0.6) is 0 Å². The van der Waals surface area contributed by atoms with E-state index in [1.807, 2.05) is 67.7 Å². The van der Waals surface area contributed by atoms with E-state index in [0.29, 0.717) is 24.0 Å². The van der Waals surface area contributed by atoms with E-state index in [9.17, 15) is 9.59 Å². The molecular formula is C29H30N4O3. The molecule has 3 aromatic rings. The maximum atomic E-state index is 13.4. The van der Waals surface area contributed by atoms with E-state index in [1.165, 1.54) is 7.11 Å². The van der Waals surface area contributed by atoms with Crippen molar-refractivity contribution in [3.05, 3.63) is 88.9 Å². The van der Waals surface area contributed by atoms with Crippen LogP contribution in [0.15, 0.2) is 83.3 Å². The number of aromatic nitrogens is 3. The minimum absolute atomic E-state index is 0.0742. The lowest BCUT2D eigenvalue weighted by atomic mass is 9.68. The van der Waals surface area contributed by atoms with Gasteiger partial charge in [0.15, 0.2) is 5.78 Å². The Morgan fingerprint density at radius 1 is 1.11 bits per heavy atom.